The Hall–Kier alpha value is -0.740. The number of rotatable bonds is 3. The summed E-state index contributed by atoms with van der Waals surface area (Å²) in [7, 11) is 0. The van der Waals surface area contributed by atoms with Crippen LogP contribution in [0.25, 0.3) is 0 Å². The molecular formula is C7H12F3NO. The highest BCUT2D eigenvalue weighted by Gasteiger charge is 2.28. The first-order valence-corrected chi connectivity index (χ1v) is 3.71. The summed E-state index contributed by atoms with van der Waals surface area (Å²) in [4.78, 5) is 10.8. The first-order chi connectivity index (χ1) is 5.37. The monoisotopic (exact) mass is 183 g/mol. The van der Waals surface area contributed by atoms with Crippen molar-refractivity contribution in [3.05, 3.63) is 0 Å². The summed E-state index contributed by atoms with van der Waals surface area (Å²) in [5, 5.41) is 1.81. The van der Waals surface area contributed by atoms with Gasteiger partial charge in [0.2, 0.25) is 5.91 Å². The molecule has 1 atom stereocenters. The molecule has 0 heterocycles. The zero-order valence-electron chi connectivity index (χ0n) is 7.03. The molecule has 1 N–H and O–H groups in total. The minimum absolute atomic E-state index is 0.354. The standard InChI is InChI=1S/C7H12F3NO/c1-3-5(2)6(12)11-4-7(8,9)10/h5H,3-4H2,1-2H3,(H,11,12)/t5-/m1/s1. The molecule has 0 saturated heterocycles. The van der Waals surface area contributed by atoms with Crippen LogP contribution in [0.2, 0.25) is 0 Å². The Morgan fingerprint density at radius 2 is 2.00 bits per heavy atom. The Bertz CT molecular complexity index is 155. The fraction of sp³-hybridized carbons (Fsp3) is 0.857. The van der Waals surface area contributed by atoms with Gasteiger partial charge in [0.25, 0.3) is 0 Å². The summed E-state index contributed by atoms with van der Waals surface area (Å²) in [6.07, 6.45) is -3.77. The lowest BCUT2D eigenvalue weighted by atomic mass is 10.1. The van der Waals surface area contributed by atoms with Gasteiger partial charge in [0, 0.05) is 5.92 Å². The van der Waals surface area contributed by atoms with E-state index < -0.39 is 18.6 Å². The van der Waals surface area contributed by atoms with E-state index in [2.05, 4.69) is 0 Å². The highest BCUT2D eigenvalue weighted by Crippen LogP contribution is 2.12. The van der Waals surface area contributed by atoms with Crippen LogP contribution in [0.3, 0.4) is 0 Å². The molecule has 0 aromatic carbocycles. The van der Waals surface area contributed by atoms with E-state index in [0.29, 0.717) is 6.42 Å². The Labute approximate surface area is 69.1 Å². The largest absolute Gasteiger partial charge is 0.405 e. The lowest BCUT2D eigenvalue weighted by Crippen LogP contribution is -2.36. The minimum atomic E-state index is -4.32. The van der Waals surface area contributed by atoms with Crippen LogP contribution in [-0.4, -0.2) is 18.6 Å². The van der Waals surface area contributed by atoms with E-state index in [4.69, 9.17) is 0 Å². The normalized spacial score (nSPS) is 14.1. The third kappa shape index (κ3) is 4.98. The molecule has 0 bridgehead atoms. The second-order valence-corrected chi connectivity index (χ2v) is 2.64. The molecule has 0 fully saturated rings. The van der Waals surface area contributed by atoms with Gasteiger partial charge in [-0.25, -0.2) is 0 Å². The van der Waals surface area contributed by atoms with E-state index in [-0.39, 0.29) is 5.92 Å². The lowest BCUT2D eigenvalue weighted by Gasteiger charge is -2.11. The molecule has 0 aromatic heterocycles. The number of carbonyl (C=O) groups excluding carboxylic acids is 1. The van der Waals surface area contributed by atoms with Crippen molar-refractivity contribution in [1.82, 2.24) is 5.32 Å². The van der Waals surface area contributed by atoms with E-state index in [1.165, 1.54) is 0 Å². The van der Waals surface area contributed by atoms with Gasteiger partial charge >= 0.3 is 6.18 Å². The van der Waals surface area contributed by atoms with E-state index in [0.717, 1.165) is 0 Å². The van der Waals surface area contributed by atoms with Crippen LogP contribution in [0.5, 0.6) is 0 Å². The van der Waals surface area contributed by atoms with Crippen molar-refractivity contribution < 1.29 is 18.0 Å². The van der Waals surface area contributed by atoms with Crippen molar-refractivity contribution in [2.45, 2.75) is 26.4 Å². The number of alkyl halides is 3. The predicted octanol–water partition coefficient (Wildman–Crippen LogP) is 1.71. The molecule has 12 heavy (non-hydrogen) atoms. The van der Waals surface area contributed by atoms with Gasteiger partial charge in [-0.15, -0.1) is 0 Å². The molecule has 5 heteroatoms. The number of halogens is 3. The van der Waals surface area contributed by atoms with Crippen molar-refractivity contribution in [2.24, 2.45) is 5.92 Å². The van der Waals surface area contributed by atoms with Crippen molar-refractivity contribution in [3.63, 3.8) is 0 Å². The van der Waals surface area contributed by atoms with E-state index in [1.54, 1.807) is 13.8 Å². The second kappa shape index (κ2) is 4.33. The highest BCUT2D eigenvalue weighted by molar-refractivity contribution is 5.78. The summed E-state index contributed by atoms with van der Waals surface area (Å²) < 4.78 is 34.7. The van der Waals surface area contributed by atoms with Crippen molar-refractivity contribution in [2.75, 3.05) is 6.54 Å². The molecule has 0 unspecified atom stereocenters. The molecule has 0 aromatic rings. The van der Waals surface area contributed by atoms with Gasteiger partial charge in [0.1, 0.15) is 6.54 Å². The van der Waals surface area contributed by atoms with Crippen molar-refractivity contribution >= 4 is 5.91 Å². The quantitative estimate of drug-likeness (QED) is 0.709. The van der Waals surface area contributed by atoms with Crippen LogP contribution in [0, 0.1) is 5.92 Å². The van der Waals surface area contributed by atoms with E-state index >= 15 is 0 Å². The summed E-state index contributed by atoms with van der Waals surface area (Å²) >= 11 is 0. The molecule has 0 radical (unpaired) electrons. The van der Waals surface area contributed by atoms with Gasteiger partial charge in [-0.2, -0.15) is 13.2 Å². The van der Waals surface area contributed by atoms with Gasteiger partial charge in [-0.05, 0) is 6.42 Å². The van der Waals surface area contributed by atoms with Gasteiger partial charge in [-0.1, -0.05) is 13.8 Å². The molecular weight excluding hydrogens is 171 g/mol. The summed E-state index contributed by atoms with van der Waals surface area (Å²) in [6.45, 7) is 2.10. The Morgan fingerprint density at radius 3 is 2.33 bits per heavy atom. The predicted molar refractivity (Wildman–Crippen MR) is 38.5 cm³/mol. The maximum atomic E-state index is 11.6. The molecule has 0 spiro atoms. The highest BCUT2D eigenvalue weighted by atomic mass is 19.4. The number of hydrogen-bond donors (Lipinski definition) is 1. The average Bonchev–Trinajstić information content (AvgIpc) is 1.97. The average molecular weight is 183 g/mol. The smallest absolute Gasteiger partial charge is 0.347 e. The fourth-order valence-corrected chi connectivity index (χ4v) is 0.547. The van der Waals surface area contributed by atoms with Crippen LogP contribution < -0.4 is 5.32 Å². The SMILES string of the molecule is CC[C@@H](C)C(=O)NCC(F)(F)F. The van der Waals surface area contributed by atoms with Crippen molar-refractivity contribution in [3.8, 4) is 0 Å². The molecule has 0 saturated carbocycles. The lowest BCUT2D eigenvalue weighted by molar-refractivity contribution is -0.140. The first-order valence-electron chi connectivity index (χ1n) is 3.71. The van der Waals surface area contributed by atoms with E-state index in [1.807, 2.05) is 5.32 Å². The van der Waals surface area contributed by atoms with Crippen LogP contribution in [0.4, 0.5) is 13.2 Å². The van der Waals surface area contributed by atoms with Crippen LogP contribution >= 0.6 is 0 Å². The molecule has 0 aliphatic heterocycles. The first kappa shape index (κ1) is 11.3. The topological polar surface area (TPSA) is 29.1 Å². The Balaban J connectivity index is 3.72. The fourth-order valence-electron chi connectivity index (χ4n) is 0.547. The zero-order chi connectivity index (χ0) is 9.78. The van der Waals surface area contributed by atoms with Crippen LogP contribution in [-0.2, 0) is 4.79 Å². The zero-order valence-corrected chi connectivity index (χ0v) is 7.03. The molecule has 2 nitrogen and oxygen atoms in total. The van der Waals surface area contributed by atoms with Gasteiger partial charge in [0.15, 0.2) is 0 Å². The van der Waals surface area contributed by atoms with Crippen molar-refractivity contribution in [1.29, 1.82) is 0 Å². The minimum Gasteiger partial charge on any atom is -0.347 e. The molecule has 72 valence electrons. The molecule has 1 amide bonds. The van der Waals surface area contributed by atoms with Crippen LogP contribution in [0.1, 0.15) is 20.3 Å². The third-order valence-electron chi connectivity index (χ3n) is 1.52. The number of hydrogen-bond acceptors (Lipinski definition) is 1. The summed E-state index contributed by atoms with van der Waals surface area (Å²) in [6, 6.07) is 0. The van der Waals surface area contributed by atoms with Gasteiger partial charge in [-0.3, -0.25) is 4.79 Å². The second-order valence-electron chi connectivity index (χ2n) is 2.64. The number of carbonyl (C=O) groups is 1. The summed E-state index contributed by atoms with van der Waals surface area (Å²) in [5.41, 5.74) is 0. The van der Waals surface area contributed by atoms with Crippen LogP contribution in [0.15, 0.2) is 0 Å². The van der Waals surface area contributed by atoms with Gasteiger partial charge < -0.3 is 5.32 Å². The van der Waals surface area contributed by atoms with Gasteiger partial charge in [0.05, 0.1) is 0 Å². The Kier molecular flexibility index (Phi) is 4.06. The third-order valence-corrected chi connectivity index (χ3v) is 1.52. The Morgan fingerprint density at radius 1 is 1.50 bits per heavy atom. The molecule has 0 aliphatic rings. The van der Waals surface area contributed by atoms with E-state index in [9.17, 15) is 18.0 Å². The molecule has 0 rings (SSSR count). The number of nitrogens with one attached hydrogen (secondary N) is 1. The number of amides is 1. The maximum absolute atomic E-state index is 11.6. The molecule has 0 aliphatic carbocycles. The summed E-state index contributed by atoms with van der Waals surface area (Å²) in [5.74, 6) is -0.901. The maximum Gasteiger partial charge on any atom is 0.405 e.